The summed E-state index contributed by atoms with van der Waals surface area (Å²) in [5.41, 5.74) is 2.84. The third-order valence-electron chi connectivity index (χ3n) is 2.93. The molecule has 0 amide bonds. The van der Waals surface area contributed by atoms with Gasteiger partial charge in [-0.05, 0) is 18.1 Å². The minimum absolute atomic E-state index is 0.685. The number of aldehydes is 1. The number of aromatic nitrogens is 1. The van der Waals surface area contributed by atoms with Crippen LogP contribution in [0.2, 0.25) is 0 Å². The molecule has 3 nitrogen and oxygen atoms in total. The van der Waals surface area contributed by atoms with Crippen LogP contribution in [0.4, 0.5) is 0 Å². The molecule has 84 valence electrons. The Kier molecular flexibility index (Phi) is 2.69. The summed E-state index contributed by atoms with van der Waals surface area (Å²) in [6.45, 7) is 2.08. The van der Waals surface area contributed by atoms with Gasteiger partial charge in [0.05, 0.1) is 18.0 Å². The number of hydrogen-bond donors (Lipinski definition) is 0. The van der Waals surface area contributed by atoms with E-state index in [2.05, 4.69) is 13.0 Å². The summed E-state index contributed by atoms with van der Waals surface area (Å²) in [5.74, 6) is 0.822. The molecule has 0 N–H and O–H groups in total. The highest BCUT2D eigenvalue weighted by atomic mass is 16.5. The highest BCUT2D eigenvalue weighted by Gasteiger charge is 2.13. The molecule has 3 heteroatoms. The molecule has 0 atom stereocenters. The van der Waals surface area contributed by atoms with Crippen LogP contribution in [0.25, 0.3) is 10.9 Å². The number of aryl methyl sites for hydroxylation is 2. The van der Waals surface area contributed by atoms with Crippen molar-refractivity contribution in [3.63, 3.8) is 0 Å². The molecule has 0 bridgehead atoms. The largest absolute Gasteiger partial charge is 0.496 e. The van der Waals surface area contributed by atoms with E-state index in [1.165, 1.54) is 0 Å². The molecule has 0 saturated carbocycles. The Morgan fingerprint density at radius 3 is 2.75 bits per heavy atom. The third-order valence-corrected chi connectivity index (χ3v) is 2.93. The molecular formula is C13H15NO2. The number of rotatable bonds is 3. The zero-order chi connectivity index (χ0) is 11.7. The van der Waals surface area contributed by atoms with Crippen molar-refractivity contribution in [3.8, 4) is 5.75 Å². The van der Waals surface area contributed by atoms with Gasteiger partial charge in [-0.2, -0.15) is 0 Å². The fourth-order valence-corrected chi connectivity index (χ4v) is 2.13. The van der Waals surface area contributed by atoms with E-state index < -0.39 is 0 Å². The Labute approximate surface area is 94.6 Å². The fraction of sp³-hybridized carbons (Fsp3) is 0.308. The number of methoxy groups -OCH3 is 1. The predicted octanol–water partition coefficient (Wildman–Crippen LogP) is 2.56. The SMILES string of the molecule is CCc1ccc2c(c(C=O)cn2C)c1OC. The molecule has 2 aromatic rings. The zero-order valence-electron chi connectivity index (χ0n) is 9.78. The lowest BCUT2D eigenvalue weighted by atomic mass is 10.1. The van der Waals surface area contributed by atoms with Crippen LogP contribution in [0, 0.1) is 0 Å². The highest BCUT2D eigenvalue weighted by molar-refractivity contribution is 6.02. The molecule has 0 radical (unpaired) electrons. The number of carbonyl (C=O) groups excluding carboxylic acids is 1. The summed E-state index contributed by atoms with van der Waals surface area (Å²) in [7, 11) is 3.58. The summed E-state index contributed by atoms with van der Waals surface area (Å²) < 4.78 is 7.38. The molecule has 0 aliphatic carbocycles. The van der Waals surface area contributed by atoms with Crippen LogP contribution in [-0.4, -0.2) is 18.0 Å². The Bertz CT molecular complexity index is 540. The van der Waals surface area contributed by atoms with E-state index in [0.29, 0.717) is 5.56 Å². The van der Waals surface area contributed by atoms with Gasteiger partial charge < -0.3 is 9.30 Å². The van der Waals surface area contributed by atoms with Crippen molar-refractivity contribution >= 4 is 17.2 Å². The van der Waals surface area contributed by atoms with Gasteiger partial charge in [-0.15, -0.1) is 0 Å². The van der Waals surface area contributed by atoms with E-state index in [9.17, 15) is 4.79 Å². The first kappa shape index (κ1) is 10.7. The van der Waals surface area contributed by atoms with Crippen LogP contribution in [0.5, 0.6) is 5.75 Å². The smallest absolute Gasteiger partial charge is 0.152 e. The second-order valence-corrected chi connectivity index (χ2v) is 3.82. The molecule has 16 heavy (non-hydrogen) atoms. The monoisotopic (exact) mass is 217 g/mol. The minimum atomic E-state index is 0.685. The summed E-state index contributed by atoms with van der Waals surface area (Å²) in [5, 5.41) is 0.916. The van der Waals surface area contributed by atoms with Gasteiger partial charge in [-0.3, -0.25) is 4.79 Å². The Hall–Kier alpha value is -1.77. The van der Waals surface area contributed by atoms with Gasteiger partial charge in [0.2, 0.25) is 0 Å². The first-order chi connectivity index (χ1) is 7.72. The normalized spacial score (nSPS) is 10.7. The Balaban J connectivity index is 2.89. The molecule has 1 aromatic heterocycles. The van der Waals surface area contributed by atoms with E-state index in [0.717, 1.165) is 34.9 Å². The fourth-order valence-electron chi connectivity index (χ4n) is 2.13. The van der Waals surface area contributed by atoms with Crippen LogP contribution in [0.3, 0.4) is 0 Å². The average molecular weight is 217 g/mol. The van der Waals surface area contributed by atoms with Gasteiger partial charge in [0, 0.05) is 18.8 Å². The lowest BCUT2D eigenvalue weighted by Gasteiger charge is -2.09. The summed E-state index contributed by atoms with van der Waals surface area (Å²) in [6.07, 6.45) is 3.61. The molecule has 2 rings (SSSR count). The topological polar surface area (TPSA) is 31.2 Å². The lowest BCUT2D eigenvalue weighted by Crippen LogP contribution is -1.93. The van der Waals surface area contributed by atoms with Crippen LogP contribution >= 0.6 is 0 Å². The molecule has 0 aliphatic heterocycles. The number of carbonyl (C=O) groups is 1. The van der Waals surface area contributed by atoms with Crippen LogP contribution in [-0.2, 0) is 13.5 Å². The second kappa shape index (κ2) is 4.00. The van der Waals surface area contributed by atoms with Crippen molar-refractivity contribution in [2.45, 2.75) is 13.3 Å². The van der Waals surface area contributed by atoms with Gasteiger partial charge in [-0.1, -0.05) is 13.0 Å². The molecule has 0 aliphatic rings. The second-order valence-electron chi connectivity index (χ2n) is 3.82. The van der Waals surface area contributed by atoms with Crippen molar-refractivity contribution in [1.82, 2.24) is 4.57 Å². The van der Waals surface area contributed by atoms with Crippen molar-refractivity contribution in [2.75, 3.05) is 7.11 Å². The Morgan fingerprint density at radius 2 is 2.19 bits per heavy atom. The van der Waals surface area contributed by atoms with E-state index in [-0.39, 0.29) is 0 Å². The highest BCUT2D eigenvalue weighted by Crippen LogP contribution is 2.33. The lowest BCUT2D eigenvalue weighted by molar-refractivity contribution is 0.112. The first-order valence-electron chi connectivity index (χ1n) is 5.33. The van der Waals surface area contributed by atoms with Crippen molar-refractivity contribution in [1.29, 1.82) is 0 Å². The van der Waals surface area contributed by atoms with Crippen molar-refractivity contribution in [2.24, 2.45) is 7.05 Å². The van der Waals surface area contributed by atoms with Crippen LogP contribution in [0.1, 0.15) is 22.8 Å². The Morgan fingerprint density at radius 1 is 1.44 bits per heavy atom. The average Bonchev–Trinajstić information content (AvgIpc) is 2.65. The number of hydrogen-bond acceptors (Lipinski definition) is 2. The van der Waals surface area contributed by atoms with Gasteiger partial charge in [0.25, 0.3) is 0 Å². The van der Waals surface area contributed by atoms with Gasteiger partial charge in [-0.25, -0.2) is 0 Å². The number of benzene rings is 1. The molecule has 1 heterocycles. The maximum Gasteiger partial charge on any atom is 0.152 e. The van der Waals surface area contributed by atoms with E-state index >= 15 is 0 Å². The van der Waals surface area contributed by atoms with Gasteiger partial charge in [0.15, 0.2) is 6.29 Å². The van der Waals surface area contributed by atoms with Crippen molar-refractivity contribution in [3.05, 3.63) is 29.5 Å². The van der Waals surface area contributed by atoms with Crippen molar-refractivity contribution < 1.29 is 9.53 Å². The third kappa shape index (κ3) is 1.40. The van der Waals surface area contributed by atoms with Crippen LogP contribution < -0.4 is 4.74 Å². The van der Waals surface area contributed by atoms with E-state index in [1.807, 2.05) is 23.9 Å². The quantitative estimate of drug-likeness (QED) is 0.740. The summed E-state index contributed by atoms with van der Waals surface area (Å²) in [6, 6.07) is 4.08. The molecule has 0 fully saturated rings. The molecule has 0 spiro atoms. The predicted molar refractivity (Wildman–Crippen MR) is 64.2 cm³/mol. The van der Waals surface area contributed by atoms with E-state index in [1.54, 1.807) is 7.11 Å². The maximum absolute atomic E-state index is 11.0. The molecule has 0 unspecified atom stereocenters. The molecule has 1 aromatic carbocycles. The standard InChI is InChI=1S/C13H15NO2/c1-4-9-5-6-11-12(13(9)16-3)10(8-15)7-14(11)2/h5-8H,4H2,1-3H3. The van der Waals surface area contributed by atoms with Crippen LogP contribution in [0.15, 0.2) is 18.3 Å². The minimum Gasteiger partial charge on any atom is -0.496 e. The summed E-state index contributed by atoms with van der Waals surface area (Å²) >= 11 is 0. The number of ether oxygens (including phenoxy) is 1. The first-order valence-corrected chi connectivity index (χ1v) is 5.33. The number of nitrogens with zero attached hydrogens (tertiary/aromatic N) is 1. The maximum atomic E-state index is 11.0. The zero-order valence-corrected chi connectivity index (χ0v) is 9.78. The number of fused-ring (bicyclic) bond motifs is 1. The summed E-state index contributed by atoms with van der Waals surface area (Å²) in [4.78, 5) is 11.0. The van der Waals surface area contributed by atoms with Gasteiger partial charge >= 0.3 is 0 Å². The molecule has 0 saturated heterocycles. The van der Waals surface area contributed by atoms with Gasteiger partial charge in [0.1, 0.15) is 5.75 Å². The van der Waals surface area contributed by atoms with E-state index in [4.69, 9.17) is 4.74 Å². The molecular weight excluding hydrogens is 202 g/mol.